The molecule has 2 rings (SSSR count). The van der Waals surface area contributed by atoms with Gasteiger partial charge in [-0.3, -0.25) is 0 Å². The molecular weight excluding hydrogens is 270 g/mol. The molecule has 1 unspecified atom stereocenters. The molecule has 0 saturated heterocycles. The van der Waals surface area contributed by atoms with Crippen molar-refractivity contribution in [2.45, 2.75) is 23.8 Å². The van der Waals surface area contributed by atoms with Crippen molar-refractivity contribution in [2.75, 3.05) is 0 Å². The minimum atomic E-state index is -3.48. The van der Waals surface area contributed by atoms with E-state index in [-0.39, 0.29) is 10.9 Å². The van der Waals surface area contributed by atoms with Gasteiger partial charge in [0.15, 0.2) is 0 Å². The van der Waals surface area contributed by atoms with Crippen LogP contribution in [0.25, 0.3) is 0 Å². The highest BCUT2D eigenvalue weighted by Crippen LogP contribution is 2.11. The van der Waals surface area contributed by atoms with Gasteiger partial charge in [0.2, 0.25) is 10.0 Å². The maximum atomic E-state index is 12.3. The van der Waals surface area contributed by atoms with Crippen molar-refractivity contribution in [3.05, 3.63) is 73.2 Å². The third-order valence-electron chi connectivity index (χ3n) is 3.05. The highest BCUT2D eigenvalue weighted by Gasteiger charge is 2.18. The largest absolute Gasteiger partial charge is 0.240 e. The van der Waals surface area contributed by atoms with Gasteiger partial charge >= 0.3 is 0 Å². The van der Waals surface area contributed by atoms with Gasteiger partial charge in [0, 0.05) is 6.04 Å². The maximum absolute atomic E-state index is 12.3. The summed E-state index contributed by atoms with van der Waals surface area (Å²) in [6, 6.07) is 18.0. The van der Waals surface area contributed by atoms with Crippen molar-refractivity contribution in [1.29, 1.82) is 0 Å². The second-order valence-electron chi connectivity index (χ2n) is 4.61. The maximum Gasteiger partial charge on any atom is 0.240 e. The molecule has 105 valence electrons. The van der Waals surface area contributed by atoms with Crippen LogP contribution in [0, 0.1) is 6.92 Å². The molecule has 0 bridgehead atoms. The lowest BCUT2D eigenvalue weighted by molar-refractivity contribution is 0.546. The summed E-state index contributed by atoms with van der Waals surface area (Å²) in [6.07, 6.45) is 1.14. The van der Waals surface area contributed by atoms with Crippen LogP contribution in [0.2, 0.25) is 0 Å². The topological polar surface area (TPSA) is 46.2 Å². The standard InChI is InChI=1S/C16H18NO2S/c1-2-15(13-14-9-5-3-6-10-14)17-20(18,19)16-11-7-4-8-12-16/h3-12,15,17H,1-2,13H2. The van der Waals surface area contributed by atoms with Crippen molar-refractivity contribution >= 4 is 10.0 Å². The molecule has 3 nitrogen and oxygen atoms in total. The van der Waals surface area contributed by atoms with E-state index < -0.39 is 10.0 Å². The smallest absolute Gasteiger partial charge is 0.208 e. The molecule has 0 amide bonds. The number of hydrogen-bond donors (Lipinski definition) is 1. The van der Waals surface area contributed by atoms with Crippen LogP contribution < -0.4 is 4.72 Å². The predicted molar refractivity (Wildman–Crippen MR) is 80.7 cm³/mol. The van der Waals surface area contributed by atoms with E-state index in [0.717, 1.165) is 5.56 Å². The Labute approximate surface area is 120 Å². The Bertz CT molecular complexity index is 624. The molecule has 0 aliphatic rings. The Morgan fingerprint density at radius 3 is 2.05 bits per heavy atom. The fourth-order valence-corrected chi connectivity index (χ4v) is 3.28. The van der Waals surface area contributed by atoms with E-state index in [2.05, 4.69) is 11.6 Å². The number of benzene rings is 2. The Morgan fingerprint density at radius 2 is 1.50 bits per heavy atom. The molecule has 1 N–H and O–H groups in total. The Kier molecular flexibility index (Phi) is 4.93. The fraction of sp³-hybridized carbons (Fsp3) is 0.188. The fourth-order valence-electron chi connectivity index (χ4n) is 1.99. The number of rotatable bonds is 6. The van der Waals surface area contributed by atoms with Crippen LogP contribution >= 0.6 is 0 Å². The molecule has 20 heavy (non-hydrogen) atoms. The van der Waals surface area contributed by atoms with E-state index in [0.29, 0.717) is 12.8 Å². The first-order valence-electron chi connectivity index (χ1n) is 6.52. The first-order valence-corrected chi connectivity index (χ1v) is 8.00. The van der Waals surface area contributed by atoms with E-state index in [4.69, 9.17) is 0 Å². The lowest BCUT2D eigenvalue weighted by Gasteiger charge is -2.17. The van der Waals surface area contributed by atoms with E-state index in [1.54, 1.807) is 30.3 Å². The predicted octanol–water partition coefficient (Wildman–Crippen LogP) is 2.80. The molecule has 0 aliphatic carbocycles. The van der Waals surface area contributed by atoms with E-state index in [9.17, 15) is 8.42 Å². The molecular formula is C16H18NO2S. The minimum absolute atomic E-state index is 0.206. The Hall–Kier alpha value is -1.65. The minimum Gasteiger partial charge on any atom is -0.208 e. The van der Waals surface area contributed by atoms with E-state index >= 15 is 0 Å². The van der Waals surface area contributed by atoms with E-state index in [1.165, 1.54) is 0 Å². The summed E-state index contributed by atoms with van der Waals surface area (Å²) < 4.78 is 27.2. The summed E-state index contributed by atoms with van der Waals surface area (Å²) in [4.78, 5) is 0.284. The second-order valence-corrected chi connectivity index (χ2v) is 6.32. The van der Waals surface area contributed by atoms with Crippen molar-refractivity contribution in [2.24, 2.45) is 0 Å². The first-order chi connectivity index (χ1) is 9.62. The Morgan fingerprint density at radius 1 is 0.950 bits per heavy atom. The summed E-state index contributed by atoms with van der Waals surface area (Å²) >= 11 is 0. The molecule has 4 heteroatoms. The van der Waals surface area contributed by atoms with Crippen LogP contribution in [-0.2, 0) is 16.4 Å². The zero-order chi connectivity index (χ0) is 14.4. The van der Waals surface area contributed by atoms with Gasteiger partial charge in [0.25, 0.3) is 0 Å². The van der Waals surface area contributed by atoms with Gasteiger partial charge < -0.3 is 0 Å². The highest BCUT2D eigenvalue weighted by atomic mass is 32.2. The monoisotopic (exact) mass is 288 g/mol. The molecule has 1 atom stereocenters. The molecule has 1 radical (unpaired) electrons. The van der Waals surface area contributed by atoms with Crippen molar-refractivity contribution in [3.63, 3.8) is 0 Å². The van der Waals surface area contributed by atoms with E-state index in [1.807, 2.05) is 30.3 Å². The molecule has 2 aromatic rings. The van der Waals surface area contributed by atoms with Gasteiger partial charge in [-0.2, -0.15) is 0 Å². The normalized spacial score (nSPS) is 13.1. The molecule has 0 spiro atoms. The average Bonchev–Trinajstić information content (AvgIpc) is 2.48. The molecule has 0 heterocycles. The second kappa shape index (κ2) is 6.68. The van der Waals surface area contributed by atoms with Gasteiger partial charge in [0.1, 0.15) is 0 Å². The molecule has 0 aromatic heterocycles. The zero-order valence-corrected chi connectivity index (χ0v) is 12.0. The third-order valence-corrected chi connectivity index (χ3v) is 4.59. The van der Waals surface area contributed by atoms with Gasteiger partial charge in [-0.15, -0.1) is 0 Å². The lowest BCUT2D eigenvalue weighted by Crippen LogP contribution is -2.36. The lowest BCUT2D eigenvalue weighted by atomic mass is 10.1. The summed E-state index contributed by atoms with van der Waals surface area (Å²) in [5.74, 6) is 0. The van der Waals surface area contributed by atoms with Crippen LogP contribution in [0.1, 0.15) is 12.0 Å². The number of nitrogens with one attached hydrogen (secondary N) is 1. The summed E-state index contributed by atoms with van der Waals surface area (Å²) in [7, 11) is -3.48. The van der Waals surface area contributed by atoms with Gasteiger partial charge in [0.05, 0.1) is 4.90 Å². The SMILES string of the molecule is [CH2]CC(Cc1ccccc1)NS(=O)(=O)c1ccccc1. The van der Waals surface area contributed by atoms with Crippen molar-refractivity contribution < 1.29 is 8.42 Å². The number of sulfonamides is 1. The van der Waals surface area contributed by atoms with Gasteiger partial charge in [-0.05, 0) is 30.5 Å². The molecule has 0 aliphatic heterocycles. The van der Waals surface area contributed by atoms with Crippen LogP contribution in [-0.4, -0.2) is 14.5 Å². The van der Waals surface area contributed by atoms with Crippen LogP contribution in [0.5, 0.6) is 0 Å². The van der Waals surface area contributed by atoms with Crippen molar-refractivity contribution in [1.82, 2.24) is 4.72 Å². The first kappa shape index (κ1) is 14.8. The number of hydrogen-bond acceptors (Lipinski definition) is 2. The van der Waals surface area contributed by atoms with Gasteiger partial charge in [-0.1, -0.05) is 55.5 Å². The van der Waals surface area contributed by atoms with Gasteiger partial charge in [-0.25, -0.2) is 13.1 Å². The Balaban J connectivity index is 2.10. The molecule has 0 fully saturated rings. The van der Waals surface area contributed by atoms with Crippen LogP contribution in [0.15, 0.2) is 65.6 Å². The average molecular weight is 288 g/mol. The van der Waals surface area contributed by atoms with Crippen LogP contribution in [0.3, 0.4) is 0 Å². The van der Waals surface area contributed by atoms with Crippen molar-refractivity contribution in [3.8, 4) is 0 Å². The summed E-state index contributed by atoms with van der Waals surface area (Å²) in [5.41, 5.74) is 1.09. The molecule has 0 saturated carbocycles. The molecule has 2 aromatic carbocycles. The third kappa shape index (κ3) is 3.92. The van der Waals surface area contributed by atoms with Crippen LogP contribution in [0.4, 0.5) is 0 Å². The highest BCUT2D eigenvalue weighted by molar-refractivity contribution is 7.89. The zero-order valence-electron chi connectivity index (χ0n) is 11.2. The summed E-state index contributed by atoms with van der Waals surface area (Å²) in [5, 5.41) is 0. The quantitative estimate of drug-likeness (QED) is 0.888. The summed E-state index contributed by atoms with van der Waals surface area (Å²) in [6.45, 7) is 3.83.